The van der Waals surface area contributed by atoms with E-state index in [9.17, 15) is 9.59 Å². The zero-order valence-corrected chi connectivity index (χ0v) is 34.5. The summed E-state index contributed by atoms with van der Waals surface area (Å²) >= 11 is 0. The smallest absolute Gasteiger partial charge is 0.410 e. The number of benzene rings is 3. The topological polar surface area (TPSA) is 96.9 Å². The van der Waals surface area contributed by atoms with Gasteiger partial charge in [0.2, 0.25) is 5.91 Å². The highest BCUT2D eigenvalue weighted by molar-refractivity contribution is 5.84. The fourth-order valence-electron chi connectivity index (χ4n) is 9.38. The Morgan fingerprint density at radius 3 is 1.93 bits per heavy atom. The van der Waals surface area contributed by atoms with Crippen LogP contribution in [0.5, 0.6) is 0 Å². The molecule has 2 amide bonds. The van der Waals surface area contributed by atoms with Crippen molar-refractivity contribution in [2.45, 2.75) is 90.6 Å². The number of ether oxygens (including phenoxy) is 2. The fraction of sp³-hybridized carbons (Fsp3) is 0.400. The molecule has 0 bridgehead atoms. The van der Waals surface area contributed by atoms with Crippen molar-refractivity contribution in [3.05, 3.63) is 144 Å². The first-order chi connectivity index (χ1) is 28.8. The molecule has 1 unspecified atom stereocenters. The number of hydrogen-bond acceptors (Lipinski definition) is 7. The first-order valence-corrected chi connectivity index (χ1v) is 21.5. The van der Waals surface area contributed by atoms with Crippen molar-refractivity contribution in [3.63, 3.8) is 0 Å². The molecule has 59 heavy (non-hydrogen) atoms. The Kier molecular flexibility index (Phi) is 12.8. The highest BCUT2D eigenvalue weighted by Crippen LogP contribution is 2.47. The van der Waals surface area contributed by atoms with Crippen molar-refractivity contribution in [2.75, 3.05) is 26.3 Å². The third-order valence-corrected chi connectivity index (χ3v) is 13.0. The number of nitrogens with zero attached hydrogens (tertiary/aromatic N) is 4. The predicted octanol–water partition coefficient (Wildman–Crippen LogP) is 9.04. The molecule has 2 atom stereocenters. The Morgan fingerprint density at radius 1 is 0.729 bits per heavy atom. The molecule has 0 spiro atoms. The molecule has 5 aromatic rings. The van der Waals surface area contributed by atoms with Gasteiger partial charge in [0, 0.05) is 76.3 Å². The Balaban J connectivity index is 0.000000169. The third-order valence-electron chi connectivity index (χ3n) is 13.0. The van der Waals surface area contributed by atoms with E-state index >= 15 is 0 Å². The van der Waals surface area contributed by atoms with Gasteiger partial charge in [0.25, 0.3) is 0 Å². The van der Waals surface area contributed by atoms with E-state index in [1.165, 1.54) is 27.8 Å². The van der Waals surface area contributed by atoms with Gasteiger partial charge in [0.15, 0.2) is 0 Å². The lowest BCUT2D eigenvalue weighted by Gasteiger charge is -2.40. The number of nitrogens with one attached hydrogen (secondary N) is 1. The molecule has 9 heteroatoms. The zero-order chi connectivity index (χ0) is 40.6. The van der Waals surface area contributed by atoms with E-state index in [1.54, 1.807) is 17.3 Å². The molecule has 0 radical (unpaired) electrons. The predicted molar refractivity (Wildman–Crippen MR) is 231 cm³/mol. The van der Waals surface area contributed by atoms with Crippen LogP contribution < -0.4 is 5.32 Å². The number of fused-ring (bicyclic) bond motifs is 2. The minimum atomic E-state index is -0.258. The van der Waals surface area contributed by atoms with Gasteiger partial charge in [-0.2, -0.15) is 0 Å². The summed E-state index contributed by atoms with van der Waals surface area (Å²) in [7, 11) is 0. The molecule has 2 fully saturated rings. The third kappa shape index (κ3) is 9.58. The quantitative estimate of drug-likeness (QED) is 0.168. The van der Waals surface area contributed by atoms with Crippen LogP contribution in [0.15, 0.2) is 116 Å². The maximum absolute atomic E-state index is 14.0. The maximum Gasteiger partial charge on any atom is 0.410 e. The summed E-state index contributed by atoms with van der Waals surface area (Å²) in [5, 5.41) is 3.87. The second-order valence-electron chi connectivity index (χ2n) is 16.9. The average molecular weight is 792 g/mol. The molecular formula is C50H57N5O4. The van der Waals surface area contributed by atoms with E-state index < -0.39 is 0 Å². The van der Waals surface area contributed by atoms with Gasteiger partial charge in [-0.25, -0.2) is 4.79 Å². The van der Waals surface area contributed by atoms with Crippen molar-refractivity contribution in [1.29, 1.82) is 0 Å². The maximum atomic E-state index is 14.0. The number of aromatic nitrogens is 2. The van der Waals surface area contributed by atoms with E-state index in [1.807, 2.05) is 60.9 Å². The highest BCUT2D eigenvalue weighted by Gasteiger charge is 2.49. The molecule has 1 saturated carbocycles. The fourth-order valence-corrected chi connectivity index (χ4v) is 9.38. The molecule has 9 rings (SSSR count). The summed E-state index contributed by atoms with van der Waals surface area (Å²) in [5.41, 5.74) is 10.4. The minimum absolute atomic E-state index is 0.249. The molecule has 3 aliphatic heterocycles. The van der Waals surface area contributed by atoms with Crippen LogP contribution in [0.25, 0.3) is 22.3 Å². The SMILES string of the molecule is CC(C)[C@]1(C(=O)N2CCc3ccc(-c4cccnc4)cc3C2)CCC(NC2CCOCC2)C1.O=C(OCc1ccccc1)N1CCc2ccc(-c3cccnc3)cc2C1. The van der Waals surface area contributed by atoms with Crippen LogP contribution >= 0.6 is 0 Å². The molecule has 1 saturated heterocycles. The van der Waals surface area contributed by atoms with Crippen LogP contribution in [-0.2, 0) is 46.8 Å². The Labute approximate surface area is 349 Å². The average Bonchev–Trinajstić information content (AvgIpc) is 3.73. The lowest BCUT2D eigenvalue weighted by molar-refractivity contribution is -0.145. The van der Waals surface area contributed by atoms with Gasteiger partial charge in [-0.1, -0.05) is 80.6 Å². The summed E-state index contributed by atoms with van der Waals surface area (Å²) in [6.07, 6.45) is 14.1. The number of carbonyl (C=O) groups excluding carboxylic acids is 2. The Bertz CT molecular complexity index is 2180. The van der Waals surface area contributed by atoms with Gasteiger partial charge in [0.1, 0.15) is 6.61 Å². The number of hydrogen-bond donors (Lipinski definition) is 1. The summed E-state index contributed by atoms with van der Waals surface area (Å²) in [6.45, 7) is 9.31. The van der Waals surface area contributed by atoms with Crippen LogP contribution in [0.1, 0.15) is 73.8 Å². The molecule has 1 aliphatic carbocycles. The summed E-state index contributed by atoms with van der Waals surface area (Å²) in [4.78, 5) is 38.8. The summed E-state index contributed by atoms with van der Waals surface area (Å²) in [5.74, 6) is 0.709. The molecule has 5 heterocycles. The molecule has 4 aliphatic rings. The van der Waals surface area contributed by atoms with Gasteiger partial charge in [-0.05, 0) is 125 Å². The monoisotopic (exact) mass is 791 g/mol. The first kappa shape index (κ1) is 40.4. The highest BCUT2D eigenvalue weighted by atomic mass is 16.6. The van der Waals surface area contributed by atoms with Gasteiger partial charge >= 0.3 is 6.09 Å². The molecule has 3 aromatic carbocycles. The van der Waals surface area contributed by atoms with Crippen molar-refractivity contribution in [3.8, 4) is 22.3 Å². The summed E-state index contributed by atoms with van der Waals surface area (Å²) < 4.78 is 11.0. The normalized spacial score (nSPS) is 20.3. The van der Waals surface area contributed by atoms with Crippen molar-refractivity contribution in [2.24, 2.45) is 11.3 Å². The Hall–Kier alpha value is -5.38. The number of amides is 2. The van der Waals surface area contributed by atoms with E-state index in [4.69, 9.17) is 9.47 Å². The first-order valence-electron chi connectivity index (χ1n) is 21.5. The second kappa shape index (κ2) is 18.7. The van der Waals surface area contributed by atoms with E-state index in [2.05, 4.69) is 76.5 Å². The van der Waals surface area contributed by atoms with E-state index in [0.29, 0.717) is 43.6 Å². The number of rotatable bonds is 8. The van der Waals surface area contributed by atoms with Crippen molar-refractivity contribution in [1.82, 2.24) is 25.1 Å². The van der Waals surface area contributed by atoms with Crippen LogP contribution in [0.3, 0.4) is 0 Å². The zero-order valence-electron chi connectivity index (χ0n) is 34.5. The van der Waals surface area contributed by atoms with Gasteiger partial charge in [-0.15, -0.1) is 0 Å². The molecule has 306 valence electrons. The molecule has 9 nitrogen and oxygen atoms in total. The second-order valence-corrected chi connectivity index (χ2v) is 16.9. The Morgan fingerprint density at radius 2 is 1.34 bits per heavy atom. The van der Waals surface area contributed by atoms with E-state index in [-0.39, 0.29) is 11.5 Å². The lowest BCUT2D eigenvalue weighted by atomic mass is 9.73. The standard InChI is InChI=1S/C28H37N3O2.C22H20N2O2/c1-20(2)28(11-7-26(17-28)30-25-9-14-33-15-10-25)27(32)31-13-8-21-5-6-22(16-24(21)19-31)23-4-3-12-29-18-23;25-22(26-16-17-5-2-1-3-6-17)24-12-10-18-8-9-19(13-21(18)15-24)20-7-4-11-23-14-20/h3-6,12,16,18,20,25-26,30H,7-11,13-15,17,19H2,1-2H3;1-9,11,13-14H,10,12,15-16H2/t26?,28-;/m0./s1. The van der Waals surface area contributed by atoms with Gasteiger partial charge in [0.05, 0.1) is 5.41 Å². The lowest BCUT2D eigenvalue weighted by Crippen LogP contribution is -2.48. The number of pyridine rings is 2. The number of carbonyl (C=O) groups is 2. The van der Waals surface area contributed by atoms with Crippen LogP contribution in [0.2, 0.25) is 0 Å². The largest absolute Gasteiger partial charge is 0.445 e. The molecular weight excluding hydrogens is 735 g/mol. The van der Waals surface area contributed by atoms with Gasteiger partial charge in [-0.3, -0.25) is 14.8 Å². The van der Waals surface area contributed by atoms with Gasteiger partial charge < -0.3 is 24.6 Å². The van der Waals surface area contributed by atoms with Crippen LogP contribution in [0, 0.1) is 11.3 Å². The molecule has 2 aromatic heterocycles. The summed E-state index contributed by atoms with van der Waals surface area (Å²) in [6, 6.07) is 31.9. The van der Waals surface area contributed by atoms with E-state index in [0.717, 1.165) is 93.5 Å². The minimum Gasteiger partial charge on any atom is -0.445 e. The van der Waals surface area contributed by atoms with Crippen molar-refractivity contribution >= 4 is 12.0 Å². The van der Waals surface area contributed by atoms with Crippen molar-refractivity contribution < 1.29 is 19.1 Å². The van der Waals surface area contributed by atoms with Crippen LogP contribution in [-0.4, -0.2) is 70.2 Å². The molecule has 1 N–H and O–H groups in total. The van der Waals surface area contributed by atoms with Crippen LogP contribution in [0.4, 0.5) is 4.79 Å².